The zero-order valence-corrected chi connectivity index (χ0v) is 12.5. The van der Waals surface area contributed by atoms with Crippen LogP contribution in [0.5, 0.6) is 0 Å². The van der Waals surface area contributed by atoms with Crippen LogP contribution in [0.4, 0.5) is 0 Å². The lowest BCUT2D eigenvalue weighted by atomic mass is 10.0. The van der Waals surface area contributed by atoms with Crippen molar-refractivity contribution in [1.29, 1.82) is 0 Å². The van der Waals surface area contributed by atoms with E-state index in [-0.39, 0.29) is 6.10 Å². The normalized spacial score (nSPS) is 19.1. The molecule has 1 saturated heterocycles. The molecule has 4 nitrogen and oxygen atoms in total. The predicted octanol–water partition coefficient (Wildman–Crippen LogP) is 1.80. The average Bonchev–Trinajstić information content (AvgIpc) is 2.50. The van der Waals surface area contributed by atoms with Crippen LogP contribution in [0.15, 0.2) is 24.5 Å². The molecule has 0 aromatic carbocycles. The van der Waals surface area contributed by atoms with E-state index in [1.165, 1.54) is 18.4 Å². The minimum atomic E-state index is -0.145. The zero-order chi connectivity index (χ0) is 14.2. The first kappa shape index (κ1) is 15.4. The summed E-state index contributed by atoms with van der Waals surface area (Å²) in [7, 11) is 0. The molecular weight excluding hydrogens is 250 g/mol. The summed E-state index contributed by atoms with van der Waals surface area (Å²) >= 11 is 0. The summed E-state index contributed by atoms with van der Waals surface area (Å²) < 4.78 is 0. The van der Waals surface area contributed by atoms with Crippen molar-refractivity contribution < 1.29 is 5.11 Å². The number of rotatable bonds is 7. The van der Waals surface area contributed by atoms with Gasteiger partial charge in [-0.1, -0.05) is 13.0 Å². The van der Waals surface area contributed by atoms with Crippen molar-refractivity contribution in [3.05, 3.63) is 30.1 Å². The molecule has 1 fully saturated rings. The molecule has 0 amide bonds. The second kappa shape index (κ2) is 8.35. The van der Waals surface area contributed by atoms with Crippen LogP contribution in [0.2, 0.25) is 0 Å². The highest BCUT2D eigenvalue weighted by molar-refractivity contribution is 5.08. The fraction of sp³-hybridized carbons (Fsp3) is 0.688. The molecule has 0 saturated carbocycles. The lowest BCUT2D eigenvalue weighted by Gasteiger charge is -2.32. The molecule has 1 aromatic heterocycles. The third-order valence-electron chi connectivity index (χ3n) is 4.10. The molecule has 1 unspecified atom stereocenters. The number of piperidine rings is 1. The quantitative estimate of drug-likeness (QED) is 0.798. The van der Waals surface area contributed by atoms with E-state index in [0.717, 1.165) is 39.0 Å². The van der Waals surface area contributed by atoms with E-state index < -0.39 is 0 Å². The fourth-order valence-corrected chi connectivity index (χ4v) is 2.70. The molecule has 0 aliphatic carbocycles. The summed E-state index contributed by atoms with van der Waals surface area (Å²) in [6, 6.07) is 4.76. The molecule has 1 aromatic rings. The molecule has 0 radical (unpaired) electrons. The largest absolute Gasteiger partial charge is 0.393 e. The Kier molecular flexibility index (Phi) is 6.43. The van der Waals surface area contributed by atoms with Crippen molar-refractivity contribution in [3.8, 4) is 0 Å². The molecule has 2 rings (SSSR count). The van der Waals surface area contributed by atoms with Gasteiger partial charge in [0.05, 0.1) is 6.10 Å². The lowest BCUT2D eigenvalue weighted by molar-refractivity contribution is 0.151. The Morgan fingerprint density at radius 3 is 2.90 bits per heavy atom. The van der Waals surface area contributed by atoms with Gasteiger partial charge >= 0.3 is 0 Å². The van der Waals surface area contributed by atoms with Crippen LogP contribution in [-0.4, -0.2) is 46.8 Å². The van der Waals surface area contributed by atoms with E-state index in [9.17, 15) is 5.11 Å². The van der Waals surface area contributed by atoms with Gasteiger partial charge in [0.25, 0.3) is 0 Å². The van der Waals surface area contributed by atoms with Gasteiger partial charge in [0.15, 0.2) is 0 Å². The molecule has 2 heterocycles. The first-order chi connectivity index (χ1) is 9.78. The second-order valence-corrected chi connectivity index (χ2v) is 5.72. The summed E-state index contributed by atoms with van der Waals surface area (Å²) in [4.78, 5) is 6.66. The molecule has 112 valence electrons. The third-order valence-corrected chi connectivity index (χ3v) is 4.10. The predicted molar refractivity (Wildman–Crippen MR) is 81.5 cm³/mol. The number of nitrogens with zero attached hydrogens (tertiary/aromatic N) is 2. The third kappa shape index (κ3) is 5.19. The maximum atomic E-state index is 9.54. The summed E-state index contributed by atoms with van der Waals surface area (Å²) in [6.45, 7) is 6.25. The van der Waals surface area contributed by atoms with Gasteiger partial charge in [-0.15, -0.1) is 0 Å². The maximum absolute atomic E-state index is 9.54. The monoisotopic (exact) mass is 277 g/mol. The molecule has 1 aliphatic rings. The Morgan fingerprint density at radius 1 is 1.45 bits per heavy atom. The second-order valence-electron chi connectivity index (χ2n) is 5.72. The van der Waals surface area contributed by atoms with Gasteiger partial charge in [-0.05, 0) is 56.9 Å². The van der Waals surface area contributed by atoms with Crippen molar-refractivity contribution in [1.82, 2.24) is 15.2 Å². The summed E-state index contributed by atoms with van der Waals surface area (Å²) in [5.41, 5.74) is 1.30. The van der Waals surface area contributed by atoms with E-state index in [0.29, 0.717) is 6.04 Å². The fourth-order valence-electron chi connectivity index (χ4n) is 2.70. The average molecular weight is 277 g/mol. The number of nitrogens with one attached hydrogen (secondary N) is 1. The Hall–Kier alpha value is -0.970. The standard InChI is InChI=1S/C16H27N3O/c1-2-16(20)5-9-18-15-6-10-19(11-7-15)13-14-4-3-8-17-12-14/h3-4,8,12,15-16,18,20H,2,5-7,9-11,13H2,1H3. The molecular formula is C16H27N3O. The first-order valence-corrected chi connectivity index (χ1v) is 7.80. The molecule has 1 atom stereocenters. The van der Waals surface area contributed by atoms with Gasteiger partial charge < -0.3 is 10.4 Å². The number of aliphatic hydroxyl groups excluding tert-OH is 1. The number of aliphatic hydroxyl groups is 1. The van der Waals surface area contributed by atoms with Crippen LogP contribution in [-0.2, 0) is 6.54 Å². The number of aromatic nitrogens is 1. The topological polar surface area (TPSA) is 48.4 Å². The van der Waals surface area contributed by atoms with Gasteiger partial charge in [0, 0.05) is 25.0 Å². The molecule has 2 N–H and O–H groups in total. The highest BCUT2D eigenvalue weighted by atomic mass is 16.3. The number of hydrogen-bond acceptors (Lipinski definition) is 4. The van der Waals surface area contributed by atoms with Crippen LogP contribution < -0.4 is 5.32 Å². The molecule has 1 aliphatic heterocycles. The Bertz CT molecular complexity index is 363. The molecule has 0 spiro atoms. The SMILES string of the molecule is CCC(O)CCNC1CCN(Cc2cccnc2)CC1. The van der Waals surface area contributed by atoms with E-state index in [1.807, 2.05) is 25.4 Å². The highest BCUT2D eigenvalue weighted by Gasteiger charge is 2.18. The Labute approximate surface area is 122 Å². The van der Waals surface area contributed by atoms with Crippen LogP contribution >= 0.6 is 0 Å². The van der Waals surface area contributed by atoms with Gasteiger partial charge in [-0.25, -0.2) is 0 Å². The van der Waals surface area contributed by atoms with Crippen LogP contribution in [0.3, 0.4) is 0 Å². The van der Waals surface area contributed by atoms with Gasteiger partial charge in [0.1, 0.15) is 0 Å². The zero-order valence-electron chi connectivity index (χ0n) is 12.5. The van der Waals surface area contributed by atoms with E-state index >= 15 is 0 Å². The minimum absolute atomic E-state index is 0.145. The molecule has 20 heavy (non-hydrogen) atoms. The number of likely N-dealkylation sites (tertiary alicyclic amines) is 1. The van der Waals surface area contributed by atoms with Crippen molar-refractivity contribution >= 4 is 0 Å². The highest BCUT2D eigenvalue weighted by Crippen LogP contribution is 2.13. The smallest absolute Gasteiger partial charge is 0.0549 e. The van der Waals surface area contributed by atoms with Crippen LogP contribution in [0, 0.1) is 0 Å². The van der Waals surface area contributed by atoms with Crippen molar-refractivity contribution in [2.75, 3.05) is 19.6 Å². The molecule has 4 heteroatoms. The summed E-state index contributed by atoms with van der Waals surface area (Å²) in [5, 5.41) is 13.1. The van der Waals surface area contributed by atoms with E-state index in [2.05, 4.69) is 21.3 Å². The van der Waals surface area contributed by atoms with Crippen LogP contribution in [0.1, 0.15) is 38.2 Å². The van der Waals surface area contributed by atoms with Crippen LogP contribution in [0.25, 0.3) is 0 Å². The van der Waals surface area contributed by atoms with Crippen molar-refractivity contribution in [2.24, 2.45) is 0 Å². The van der Waals surface area contributed by atoms with Gasteiger partial charge in [0.2, 0.25) is 0 Å². The summed E-state index contributed by atoms with van der Waals surface area (Å²) in [6.07, 6.45) is 7.75. The maximum Gasteiger partial charge on any atom is 0.0549 e. The molecule has 0 bridgehead atoms. The number of hydrogen-bond donors (Lipinski definition) is 2. The van der Waals surface area contributed by atoms with Crippen molar-refractivity contribution in [3.63, 3.8) is 0 Å². The Morgan fingerprint density at radius 2 is 2.25 bits per heavy atom. The number of pyridine rings is 1. The van der Waals surface area contributed by atoms with Crippen molar-refractivity contribution in [2.45, 2.75) is 51.3 Å². The van der Waals surface area contributed by atoms with Gasteiger partial charge in [-0.3, -0.25) is 9.88 Å². The Balaban J connectivity index is 1.63. The minimum Gasteiger partial charge on any atom is -0.393 e. The van der Waals surface area contributed by atoms with Gasteiger partial charge in [-0.2, -0.15) is 0 Å². The first-order valence-electron chi connectivity index (χ1n) is 7.80. The van der Waals surface area contributed by atoms with E-state index in [1.54, 1.807) is 0 Å². The summed E-state index contributed by atoms with van der Waals surface area (Å²) in [5.74, 6) is 0. The lowest BCUT2D eigenvalue weighted by Crippen LogP contribution is -2.42. The van der Waals surface area contributed by atoms with E-state index in [4.69, 9.17) is 0 Å².